The molecule has 0 aliphatic carbocycles. The van der Waals surface area contributed by atoms with Gasteiger partial charge in [0.25, 0.3) is 0 Å². The average Bonchev–Trinajstić information content (AvgIpc) is 3.04. The van der Waals surface area contributed by atoms with E-state index in [1.54, 1.807) is 10.8 Å². The van der Waals surface area contributed by atoms with Crippen LogP contribution in [0.15, 0.2) is 18.5 Å². The zero-order chi connectivity index (χ0) is 14.4. The van der Waals surface area contributed by atoms with Crippen molar-refractivity contribution < 1.29 is 4.79 Å². The third-order valence-corrected chi connectivity index (χ3v) is 4.42. The number of aromatic nitrogens is 4. The number of carbonyl (C=O) groups excluding carboxylic acids is 1. The Hall–Kier alpha value is -2.22. The van der Waals surface area contributed by atoms with E-state index in [1.165, 1.54) is 0 Å². The van der Waals surface area contributed by atoms with Crippen LogP contribution in [0.5, 0.6) is 0 Å². The zero-order valence-electron chi connectivity index (χ0n) is 11.8. The summed E-state index contributed by atoms with van der Waals surface area (Å²) in [5, 5.41) is 15.1. The molecule has 0 radical (unpaired) electrons. The van der Waals surface area contributed by atoms with Gasteiger partial charge in [-0.2, -0.15) is 4.52 Å². The second-order valence-corrected chi connectivity index (χ2v) is 5.65. The van der Waals surface area contributed by atoms with Crippen LogP contribution in [0.25, 0.3) is 5.65 Å². The molecule has 2 aliphatic rings. The molecule has 8 heteroatoms. The molecule has 1 N–H and O–H groups in total. The Morgan fingerprint density at radius 2 is 2.24 bits per heavy atom. The zero-order valence-corrected chi connectivity index (χ0v) is 11.8. The maximum absolute atomic E-state index is 11.7. The molecular weight excluding hydrogens is 270 g/mol. The number of likely N-dealkylation sites (N-methyl/N-ethyl adjacent to an activating group) is 1. The molecule has 1 amide bonds. The van der Waals surface area contributed by atoms with Gasteiger partial charge in [-0.25, -0.2) is 0 Å². The number of hydrogen-bond acceptors (Lipinski definition) is 6. The van der Waals surface area contributed by atoms with Crippen molar-refractivity contribution in [3.05, 3.63) is 18.5 Å². The van der Waals surface area contributed by atoms with E-state index in [0.29, 0.717) is 6.04 Å². The maximum atomic E-state index is 11.7. The fraction of sp³-hybridized carbons (Fsp3) is 0.538. The molecule has 0 bridgehead atoms. The van der Waals surface area contributed by atoms with Gasteiger partial charge in [0.15, 0.2) is 5.65 Å². The summed E-state index contributed by atoms with van der Waals surface area (Å²) in [6.07, 6.45) is 2.50. The van der Waals surface area contributed by atoms with Gasteiger partial charge < -0.3 is 10.2 Å². The van der Waals surface area contributed by atoms with Crippen molar-refractivity contribution in [3.63, 3.8) is 0 Å². The number of nitrogens with one attached hydrogen (secondary N) is 1. The summed E-state index contributed by atoms with van der Waals surface area (Å²) in [6, 6.07) is 4.29. The summed E-state index contributed by atoms with van der Waals surface area (Å²) < 4.78 is 1.68. The van der Waals surface area contributed by atoms with E-state index in [9.17, 15) is 4.79 Å². The monoisotopic (exact) mass is 287 g/mol. The standard InChI is InChI=1S/C13H17N7O/c1-18(10-4-5-14-13(10)21)9-6-19(7-9)12-3-2-11-16-15-8-20(11)17-12/h2-3,8-10H,4-7H2,1H3,(H,14,21). The Kier molecular flexibility index (Phi) is 2.78. The maximum Gasteiger partial charge on any atom is 0.237 e. The van der Waals surface area contributed by atoms with Crippen LogP contribution >= 0.6 is 0 Å². The Morgan fingerprint density at radius 1 is 1.38 bits per heavy atom. The van der Waals surface area contributed by atoms with Crippen LogP contribution in [0, 0.1) is 0 Å². The lowest BCUT2D eigenvalue weighted by Gasteiger charge is -2.45. The van der Waals surface area contributed by atoms with E-state index in [1.807, 2.05) is 19.2 Å². The average molecular weight is 287 g/mol. The third kappa shape index (κ3) is 2.02. The van der Waals surface area contributed by atoms with E-state index in [4.69, 9.17) is 0 Å². The predicted molar refractivity (Wildman–Crippen MR) is 76.0 cm³/mol. The molecule has 8 nitrogen and oxygen atoms in total. The lowest BCUT2D eigenvalue weighted by molar-refractivity contribution is -0.124. The van der Waals surface area contributed by atoms with Gasteiger partial charge in [0.05, 0.1) is 6.04 Å². The topological polar surface area (TPSA) is 78.7 Å². The van der Waals surface area contributed by atoms with Gasteiger partial charge >= 0.3 is 0 Å². The van der Waals surface area contributed by atoms with Crippen molar-refractivity contribution in [1.82, 2.24) is 30.0 Å². The highest BCUT2D eigenvalue weighted by atomic mass is 16.2. The number of hydrogen-bond donors (Lipinski definition) is 1. The van der Waals surface area contributed by atoms with Gasteiger partial charge in [-0.3, -0.25) is 9.69 Å². The Labute approximate surface area is 121 Å². The summed E-state index contributed by atoms with van der Waals surface area (Å²) in [5.74, 6) is 1.07. The summed E-state index contributed by atoms with van der Waals surface area (Å²) in [4.78, 5) is 16.1. The summed E-state index contributed by atoms with van der Waals surface area (Å²) in [6.45, 7) is 2.57. The molecule has 2 aromatic rings. The molecule has 2 aromatic heterocycles. The first-order valence-electron chi connectivity index (χ1n) is 7.14. The first kappa shape index (κ1) is 12.5. The molecule has 21 heavy (non-hydrogen) atoms. The van der Waals surface area contributed by atoms with Gasteiger partial charge in [0, 0.05) is 25.7 Å². The van der Waals surface area contributed by atoms with Crippen LogP contribution in [-0.4, -0.2) is 69.4 Å². The molecule has 2 saturated heterocycles. The van der Waals surface area contributed by atoms with Gasteiger partial charge in [-0.15, -0.1) is 15.3 Å². The van der Waals surface area contributed by atoms with Gasteiger partial charge in [-0.1, -0.05) is 0 Å². The Bertz CT molecular complexity index is 678. The van der Waals surface area contributed by atoms with Crippen LogP contribution < -0.4 is 10.2 Å². The molecule has 110 valence electrons. The summed E-state index contributed by atoms with van der Waals surface area (Å²) in [5.41, 5.74) is 0.746. The summed E-state index contributed by atoms with van der Waals surface area (Å²) in [7, 11) is 2.04. The molecule has 4 heterocycles. The normalized spacial score (nSPS) is 22.9. The predicted octanol–water partition coefficient (Wildman–Crippen LogP) is -0.867. The van der Waals surface area contributed by atoms with E-state index < -0.39 is 0 Å². The molecule has 0 spiro atoms. The van der Waals surface area contributed by atoms with E-state index in [2.05, 4.69) is 30.4 Å². The minimum Gasteiger partial charge on any atom is -0.355 e. The molecule has 0 aromatic carbocycles. The molecule has 0 saturated carbocycles. The molecule has 2 aliphatic heterocycles. The lowest BCUT2D eigenvalue weighted by atomic mass is 10.0. The highest BCUT2D eigenvalue weighted by molar-refractivity contribution is 5.83. The molecular formula is C13H17N7O. The second kappa shape index (κ2) is 4.66. The van der Waals surface area contributed by atoms with Crippen molar-refractivity contribution in [1.29, 1.82) is 0 Å². The number of rotatable bonds is 3. The van der Waals surface area contributed by atoms with Crippen LogP contribution in [0.3, 0.4) is 0 Å². The van der Waals surface area contributed by atoms with E-state index in [-0.39, 0.29) is 11.9 Å². The number of carbonyl (C=O) groups is 1. The fourth-order valence-electron chi connectivity index (χ4n) is 3.01. The van der Waals surface area contributed by atoms with Gasteiger partial charge in [-0.05, 0) is 25.6 Å². The minimum atomic E-state index is 0.0189. The van der Waals surface area contributed by atoms with Crippen LogP contribution in [0.4, 0.5) is 5.82 Å². The molecule has 1 atom stereocenters. The van der Waals surface area contributed by atoms with Crippen molar-refractivity contribution in [3.8, 4) is 0 Å². The number of anilines is 1. The first-order chi connectivity index (χ1) is 10.2. The quantitative estimate of drug-likeness (QED) is 0.791. The summed E-state index contributed by atoms with van der Waals surface area (Å²) >= 11 is 0. The van der Waals surface area contributed by atoms with Crippen LogP contribution in [0.1, 0.15) is 6.42 Å². The highest BCUT2D eigenvalue weighted by Crippen LogP contribution is 2.23. The minimum absolute atomic E-state index is 0.0189. The molecule has 2 fully saturated rings. The van der Waals surface area contributed by atoms with Crippen LogP contribution in [-0.2, 0) is 4.79 Å². The fourth-order valence-corrected chi connectivity index (χ4v) is 3.01. The van der Waals surface area contributed by atoms with Crippen molar-refractivity contribution in [2.24, 2.45) is 0 Å². The SMILES string of the molecule is CN(C1CN(c2ccc3nncn3n2)C1)C1CCNC1=O. The van der Waals surface area contributed by atoms with E-state index in [0.717, 1.165) is 37.5 Å². The second-order valence-electron chi connectivity index (χ2n) is 5.65. The van der Waals surface area contributed by atoms with Gasteiger partial charge in [0.2, 0.25) is 5.91 Å². The molecule has 1 unspecified atom stereocenters. The van der Waals surface area contributed by atoms with Gasteiger partial charge in [0.1, 0.15) is 12.1 Å². The van der Waals surface area contributed by atoms with Crippen LogP contribution in [0.2, 0.25) is 0 Å². The Balaban J connectivity index is 1.43. The number of nitrogens with zero attached hydrogens (tertiary/aromatic N) is 6. The largest absolute Gasteiger partial charge is 0.355 e. The lowest BCUT2D eigenvalue weighted by Crippen LogP contribution is -2.61. The van der Waals surface area contributed by atoms with Crippen molar-refractivity contribution in [2.75, 3.05) is 31.6 Å². The van der Waals surface area contributed by atoms with Crippen molar-refractivity contribution in [2.45, 2.75) is 18.5 Å². The van der Waals surface area contributed by atoms with E-state index >= 15 is 0 Å². The number of amides is 1. The third-order valence-electron chi connectivity index (χ3n) is 4.42. The highest BCUT2D eigenvalue weighted by Gasteiger charge is 2.38. The Morgan fingerprint density at radius 3 is 3.00 bits per heavy atom. The molecule has 4 rings (SSSR count). The van der Waals surface area contributed by atoms with Crippen molar-refractivity contribution >= 4 is 17.4 Å². The smallest absolute Gasteiger partial charge is 0.237 e. The number of fused-ring (bicyclic) bond motifs is 1. The first-order valence-corrected chi connectivity index (χ1v) is 7.14.